The van der Waals surface area contributed by atoms with E-state index >= 15 is 0 Å². The number of carboxylic acid groups (broad SMARTS) is 1. The molecule has 0 spiro atoms. The van der Waals surface area contributed by atoms with Crippen LogP contribution in [0.5, 0.6) is 0 Å². The van der Waals surface area contributed by atoms with Gasteiger partial charge >= 0.3 is 5.97 Å². The predicted octanol–water partition coefficient (Wildman–Crippen LogP) is 1.97. The van der Waals surface area contributed by atoms with E-state index in [1.807, 2.05) is 27.7 Å². The molecule has 0 bridgehead atoms. The van der Waals surface area contributed by atoms with Crippen molar-refractivity contribution in [2.24, 2.45) is 17.8 Å². The van der Waals surface area contributed by atoms with E-state index in [0.717, 1.165) is 0 Å². The molecule has 0 aromatic rings. The van der Waals surface area contributed by atoms with Gasteiger partial charge in [-0.05, 0) is 24.7 Å². The SMILES string of the molecule is CC(C)CC(C(=O)S)C(O)(CC(C)C)C(=O)O. The predicted molar refractivity (Wildman–Crippen MR) is 69.0 cm³/mol. The minimum Gasteiger partial charge on any atom is -0.479 e. The highest BCUT2D eigenvalue weighted by Gasteiger charge is 2.47. The lowest BCUT2D eigenvalue weighted by molar-refractivity contribution is -0.169. The molecule has 0 saturated carbocycles. The van der Waals surface area contributed by atoms with Gasteiger partial charge in [-0.3, -0.25) is 4.79 Å². The monoisotopic (exact) mass is 262 g/mol. The van der Waals surface area contributed by atoms with Gasteiger partial charge in [0.1, 0.15) is 0 Å². The molecule has 17 heavy (non-hydrogen) atoms. The van der Waals surface area contributed by atoms with Gasteiger partial charge in [-0.1, -0.05) is 27.7 Å². The van der Waals surface area contributed by atoms with Crippen molar-refractivity contribution in [2.45, 2.75) is 46.1 Å². The Balaban J connectivity index is 5.22. The highest BCUT2D eigenvalue weighted by Crippen LogP contribution is 2.32. The van der Waals surface area contributed by atoms with Crippen LogP contribution < -0.4 is 0 Å². The molecule has 100 valence electrons. The van der Waals surface area contributed by atoms with E-state index in [0.29, 0.717) is 6.42 Å². The Morgan fingerprint density at radius 3 is 1.88 bits per heavy atom. The first-order valence-corrected chi connectivity index (χ1v) is 6.24. The first kappa shape index (κ1) is 16.4. The number of carbonyl (C=O) groups excluding carboxylic acids is 1. The van der Waals surface area contributed by atoms with Crippen molar-refractivity contribution in [1.82, 2.24) is 0 Å². The van der Waals surface area contributed by atoms with Gasteiger partial charge in [-0.25, -0.2) is 4.79 Å². The standard InChI is InChI=1S/C12H22O4S/c1-7(2)5-9(10(13)17)12(16,11(14)15)6-8(3)4/h7-9,16H,5-6H2,1-4H3,(H,13,17)(H,14,15). The highest BCUT2D eigenvalue weighted by molar-refractivity contribution is 7.96. The average Bonchev–Trinajstić information content (AvgIpc) is 2.11. The molecular formula is C12H22O4S. The molecule has 0 aliphatic carbocycles. The quantitative estimate of drug-likeness (QED) is 0.613. The van der Waals surface area contributed by atoms with Crippen LogP contribution >= 0.6 is 12.6 Å². The molecule has 0 aliphatic heterocycles. The van der Waals surface area contributed by atoms with Crippen LogP contribution in [-0.2, 0) is 9.59 Å². The molecule has 2 N–H and O–H groups in total. The molecule has 0 saturated heterocycles. The number of thiol groups is 1. The van der Waals surface area contributed by atoms with Crippen molar-refractivity contribution >= 4 is 23.7 Å². The molecule has 2 unspecified atom stereocenters. The van der Waals surface area contributed by atoms with Gasteiger partial charge in [0, 0.05) is 0 Å². The summed E-state index contributed by atoms with van der Waals surface area (Å²) in [5.41, 5.74) is -2.02. The van der Waals surface area contributed by atoms with E-state index in [4.69, 9.17) is 0 Å². The summed E-state index contributed by atoms with van der Waals surface area (Å²) in [5.74, 6) is -2.21. The second-order valence-electron chi connectivity index (χ2n) is 5.35. The van der Waals surface area contributed by atoms with E-state index in [-0.39, 0.29) is 18.3 Å². The van der Waals surface area contributed by atoms with Crippen molar-refractivity contribution in [3.63, 3.8) is 0 Å². The lowest BCUT2D eigenvalue weighted by Gasteiger charge is -2.32. The van der Waals surface area contributed by atoms with Crippen LogP contribution in [0.2, 0.25) is 0 Å². The minimum atomic E-state index is -2.02. The third-order valence-electron chi connectivity index (χ3n) is 2.67. The zero-order chi connectivity index (χ0) is 13.8. The largest absolute Gasteiger partial charge is 0.479 e. The summed E-state index contributed by atoms with van der Waals surface area (Å²) in [7, 11) is 0. The van der Waals surface area contributed by atoms with Crippen LogP contribution in [0.4, 0.5) is 0 Å². The van der Waals surface area contributed by atoms with Crippen LogP contribution in [-0.4, -0.2) is 26.9 Å². The van der Waals surface area contributed by atoms with Crippen molar-refractivity contribution in [2.75, 3.05) is 0 Å². The van der Waals surface area contributed by atoms with Gasteiger partial charge in [0.25, 0.3) is 0 Å². The van der Waals surface area contributed by atoms with E-state index in [1.165, 1.54) is 0 Å². The fraction of sp³-hybridized carbons (Fsp3) is 0.833. The zero-order valence-electron chi connectivity index (χ0n) is 10.8. The van der Waals surface area contributed by atoms with Crippen molar-refractivity contribution in [3.8, 4) is 0 Å². The number of carboxylic acids is 1. The Bertz CT molecular complexity index is 288. The topological polar surface area (TPSA) is 74.6 Å². The molecular weight excluding hydrogens is 240 g/mol. The Kier molecular flexibility index (Phi) is 6.19. The number of carbonyl (C=O) groups is 2. The smallest absolute Gasteiger partial charge is 0.336 e. The number of hydrogen-bond acceptors (Lipinski definition) is 3. The van der Waals surface area contributed by atoms with Gasteiger partial charge in [-0.15, -0.1) is 12.6 Å². The second-order valence-corrected chi connectivity index (χ2v) is 5.79. The molecule has 0 aromatic carbocycles. The summed E-state index contributed by atoms with van der Waals surface area (Å²) < 4.78 is 0. The maximum atomic E-state index is 11.5. The second kappa shape index (κ2) is 6.40. The number of rotatable bonds is 7. The Morgan fingerprint density at radius 1 is 1.18 bits per heavy atom. The van der Waals surface area contributed by atoms with E-state index in [9.17, 15) is 19.8 Å². The maximum Gasteiger partial charge on any atom is 0.336 e. The van der Waals surface area contributed by atoms with E-state index in [2.05, 4.69) is 12.6 Å². The van der Waals surface area contributed by atoms with Crippen LogP contribution in [0.25, 0.3) is 0 Å². The average molecular weight is 262 g/mol. The molecule has 0 heterocycles. The third-order valence-corrected chi connectivity index (χ3v) is 2.98. The van der Waals surface area contributed by atoms with Crippen LogP contribution in [0.15, 0.2) is 0 Å². The van der Waals surface area contributed by atoms with Gasteiger partial charge in [0.2, 0.25) is 0 Å². The summed E-state index contributed by atoms with van der Waals surface area (Å²) in [6.45, 7) is 7.37. The Morgan fingerprint density at radius 2 is 1.65 bits per heavy atom. The highest BCUT2D eigenvalue weighted by atomic mass is 32.1. The number of aliphatic hydroxyl groups is 1. The van der Waals surface area contributed by atoms with E-state index < -0.39 is 22.6 Å². The van der Waals surface area contributed by atoms with Crippen LogP contribution in [0.1, 0.15) is 40.5 Å². The number of aliphatic carboxylic acids is 1. The molecule has 0 aliphatic rings. The molecule has 0 radical (unpaired) electrons. The molecule has 4 nitrogen and oxygen atoms in total. The van der Waals surface area contributed by atoms with E-state index in [1.54, 1.807) is 0 Å². The van der Waals surface area contributed by atoms with Crippen LogP contribution in [0, 0.1) is 17.8 Å². The first-order valence-electron chi connectivity index (χ1n) is 5.79. The van der Waals surface area contributed by atoms with Gasteiger partial charge in [0.05, 0.1) is 5.92 Å². The summed E-state index contributed by atoms with van der Waals surface area (Å²) in [5, 5.41) is 18.9. The molecule has 0 amide bonds. The number of hydrogen-bond donors (Lipinski definition) is 3. The van der Waals surface area contributed by atoms with Gasteiger partial charge in [-0.2, -0.15) is 0 Å². The minimum absolute atomic E-state index is 0.0153. The maximum absolute atomic E-state index is 11.5. The van der Waals surface area contributed by atoms with Crippen LogP contribution in [0.3, 0.4) is 0 Å². The fourth-order valence-electron chi connectivity index (χ4n) is 1.97. The third kappa shape index (κ3) is 4.68. The van der Waals surface area contributed by atoms with Crippen molar-refractivity contribution in [3.05, 3.63) is 0 Å². The molecule has 0 aromatic heterocycles. The van der Waals surface area contributed by atoms with Gasteiger partial charge < -0.3 is 10.2 Å². The molecule has 5 heteroatoms. The summed E-state index contributed by atoms with van der Waals surface area (Å²) >= 11 is 3.72. The fourth-order valence-corrected chi connectivity index (χ4v) is 2.29. The molecule has 0 fully saturated rings. The zero-order valence-corrected chi connectivity index (χ0v) is 11.7. The van der Waals surface area contributed by atoms with Crippen molar-refractivity contribution < 1.29 is 19.8 Å². The first-order chi connectivity index (χ1) is 7.61. The summed E-state index contributed by atoms with van der Waals surface area (Å²) in [6.07, 6.45) is 0.365. The Labute approximate surface area is 108 Å². The lowest BCUT2D eigenvalue weighted by Crippen LogP contribution is -2.49. The summed E-state index contributed by atoms with van der Waals surface area (Å²) in [4.78, 5) is 22.7. The molecule has 2 atom stereocenters. The van der Waals surface area contributed by atoms with Gasteiger partial charge in [0.15, 0.2) is 10.7 Å². The Hall–Kier alpha value is -0.550. The normalized spacial score (nSPS) is 16.9. The summed E-state index contributed by atoms with van der Waals surface area (Å²) in [6, 6.07) is 0. The molecule has 0 rings (SSSR count). The lowest BCUT2D eigenvalue weighted by atomic mass is 9.77. The van der Waals surface area contributed by atoms with Crippen molar-refractivity contribution in [1.29, 1.82) is 0 Å².